The van der Waals surface area contributed by atoms with E-state index in [9.17, 15) is 29.4 Å². The second-order valence-electron chi connectivity index (χ2n) is 16.8. The van der Waals surface area contributed by atoms with Gasteiger partial charge in [0, 0.05) is 62.8 Å². The van der Waals surface area contributed by atoms with Gasteiger partial charge >= 0.3 is 37.7 Å². The van der Waals surface area contributed by atoms with Crippen LogP contribution in [0.1, 0.15) is 124 Å². The number of hydrogen-bond acceptors (Lipinski definition) is 6. The maximum absolute atomic E-state index is 12.9. The topological polar surface area (TPSA) is 121 Å². The summed E-state index contributed by atoms with van der Waals surface area (Å²) >= 11 is 0. The third-order valence-corrected chi connectivity index (χ3v) is 14.0. The largest absolute Gasteiger partial charge is 2.00 e. The number of aliphatic carboxylic acids is 2. The Morgan fingerprint density at radius 3 is 1.32 bits per heavy atom. The zero-order chi connectivity index (χ0) is 36.2. The average molecular weight is 749 g/mol. The Morgan fingerprint density at radius 2 is 0.925 bits per heavy atom. The number of benzene rings is 2. The Kier molecular flexibility index (Phi) is 14.0. The number of aryl methyl sites for hydroxylation is 2. The van der Waals surface area contributed by atoms with Crippen LogP contribution in [0.15, 0.2) is 48.5 Å². The summed E-state index contributed by atoms with van der Waals surface area (Å²) in [6, 6.07) is 16.1. The molecule has 0 N–H and O–H groups in total. The van der Waals surface area contributed by atoms with Gasteiger partial charge in [0.25, 0.3) is 0 Å². The number of rotatable bonds is 8. The number of fused-ring (bicyclic) bond motifs is 4. The fourth-order valence-electron chi connectivity index (χ4n) is 11.1. The van der Waals surface area contributed by atoms with Gasteiger partial charge in [-0.2, -0.15) is 0 Å². The molecule has 8 atom stereocenters. The van der Waals surface area contributed by atoms with Crippen LogP contribution in [0.2, 0.25) is 0 Å². The van der Waals surface area contributed by atoms with Gasteiger partial charge < -0.3 is 29.6 Å². The third kappa shape index (κ3) is 9.35. The van der Waals surface area contributed by atoms with E-state index in [-0.39, 0.29) is 74.2 Å². The van der Waals surface area contributed by atoms with Crippen molar-refractivity contribution in [1.29, 1.82) is 0 Å². The molecule has 4 aliphatic carbocycles. The van der Waals surface area contributed by atoms with E-state index in [1.165, 1.54) is 62.5 Å². The molecule has 53 heavy (non-hydrogen) atoms. The minimum Gasteiger partial charge on any atom is -0.550 e. The summed E-state index contributed by atoms with van der Waals surface area (Å²) in [6.07, 6.45) is 15.9. The van der Waals surface area contributed by atoms with E-state index in [2.05, 4.69) is 12.1 Å². The second-order valence-corrected chi connectivity index (χ2v) is 16.8. The van der Waals surface area contributed by atoms with Gasteiger partial charge in [0.15, 0.2) is 0 Å². The normalized spacial score (nSPS) is 28.4. The van der Waals surface area contributed by atoms with Crippen LogP contribution < -0.4 is 10.2 Å². The Labute approximate surface area is 345 Å². The fourth-order valence-corrected chi connectivity index (χ4v) is 11.1. The van der Waals surface area contributed by atoms with E-state index >= 15 is 0 Å². The van der Waals surface area contributed by atoms with E-state index in [1.807, 2.05) is 46.2 Å². The SMILES string of the molecule is O=C([O-])C(CC(=O)N1CC[C@H]2CCCC[C@H]2C1)[C@@H]1CCc2ccccc21.O=C([O-])C(CC(=O)N1CC[C@H]2CCCC[C@H]2C1)[C@@H]1CCc2ccccc21.[Ca+2]. The van der Waals surface area contributed by atoms with Gasteiger partial charge in [0.05, 0.1) is 0 Å². The first-order valence-electron chi connectivity index (χ1n) is 20.4. The summed E-state index contributed by atoms with van der Waals surface area (Å²) in [4.78, 5) is 53.4. The molecule has 4 fully saturated rings. The smallest absolute Gasteiger partial charge is 0.550 e. The molecule has 8 nitrogen and oxygen atoms in total. The molecule has 0 spiro atoms. The van der Waals surface area contributed by atoms with Gasteiger partial charge in [-0.3, -0.25) is 9.59 Å². The molecular formula is C44H56CaN2O6. The minimum absolute atomic E-state index is 0. The predicted octanol–water partition coefficient (Wildman–Crippen LogP) is 4.64. The number of carbonyl (C=O) groups excluding carboxylic acids is 4. The average Bonchev–Trinajstić information content (AvgIpc) is 3.80. The summed E-state index contributed by atoms with van der Waals surface area (Å²) in [7, 11) is 0. The molecule has 2 saturated heterocycles. The molecule has 2 heterocycles. The molecule has 2 unspecified atom stereocenters. The van der Waals surface area contributed by atoms with Crippen molar-refractivity contribution in [2.45, 2.75) is 115 Å². The molecule has 2 aromatic carbocycles. The Balaban J connectivity index is 0.000000178. The first kappa shape index (κ1) is 40.2. The molecule has 0 bridgehead atoms. The van der Waals surface area contributed by atoms with Crippen molar-refractivity contribution < 1.29 is 29.4 Å². The van der Waals surface area contributed by atoms with E-state index in [1.54, 1.807) is 0 Å². The molecule has 2 saturated carbocycles. The minimum atomic E-state index is -1.08. The maximum atomic E-state index is 12.9. The van der Waals surface area contributed by atoms with Gasteiger partial charge in [-0.05, 0) is 109 Å². The zero-order valence-corrected chi connectivity index (χ0v) is 33.6. The summed E-state index contributed by atoms with van der Waals surface area (Å²) < 4.78 is 0. The maximum Gasteiger partial charge on any atom is 2.00 e. The molecular weight excluding hydrogens is 693 g/mol. The van der Waals surface area contributed by atoms with Crippen LogP contribution in [0.5, 0.6) is 0 Å². The van der Waals surface area contributed by atoms with E-state index < -0.39 is 23.8 Å². The Hall–Kier alpha value is -2.42. The molecule has 2 aromatic rings. The van der Waals surface area contributed by atoms with E-state index in [4.69, 9.17) is 0 Å². The number of piperidine rings is 2. The number of likely N-dealkylation sites (tertiary alicyclic amines) is 2. The number of amides is 2. The number of nitrogens with zero attached hydrogens (tertiary/aromatic N) is 2. The van der Waals surface area contributed by atoms with Gasteiger partial charge in [-0.1, -0.05) is 87.1 Å². The van der Waals surface area contributed by atoms with Gasteiger partial charge in [0.1, 0.15) is 0 Å². The van der Waals surface area contributed by atoms with Gasteiger partial charge in [0.2, 0.25) is 11.8 Å². The van der Waals surface area contributed by atoms with Crippen LogP contribution in [0.4, 0.5) is 0 Å². The third-order valence-electron chi connectivity index (χ3n) is 14.0. The quantitative estimate of drug-likeness (QED) is 0.363. The van der Waals surface area contributed by atoms with Crippen molar-refractivity contribution >= 4 is 61.5 Å². The molecule has 9 heteroatoms. The van der Waals surface area contributed by atoms with Crippen LogP contribution in [0.3, 0.4) is 0 Å². The molecule has 2 amide bonds. The molecule has 280 valence electrons. The fraction of sp³-hybridized carbons (Fsp3) is 0.636. The van der Waals surface area contributed by atoms with Crippen LogP contribution in [-0.2, 0) is 32.0 Å². The van der Waals surface area contributed by atoms with Crippen molar-refractivity contribution in [1.82, 2.24) is 9.80 Å². The van der Waals surface area contributed by atoms with Crippen LogP contribution >= 0.6 is 0 Å². The van der Waals surface area contributed by atoms with Crippen LogP contribution in [-0.4, -0.2) is 97.5 Å². The molecule has 2 aliphatic heterocycles. The summed E-state index contributed by atoms with van der Waals surface area (Å²) in [5.74, 6) is -0.964. The van der Waals surface area contributed by atoms with Gasteiger partial charge in [-0.25, -0.2) is 0 Å². The number of carboxylic acids is 2. The summed E-state index contributed by atoms with van der Waals surface area (Å²) in [5.41, 5.74) is 4.64. The van der Waals surface area contributed by atoms with Crippen molar-refractivity contribution in [3.8, 4) is 0 Å². The van der Waals surface area contributed by atoms with Crippen molar-refractivity contribution in [3.63, 3.8) is 0 Å². The Bertz CT molecular complexity index is 1500. The van der Waals surface area contributed by atoms with Crippen molar-refractivity contribution in [2.75, 3.05) is 26.2 Å². The summed E-state index contributed by atoms with van der Waals surface area (Å²) in [6.45, 7) is 3.23. The Morgan fingerprint density at radius 1 is 0.547 bits per heavy atom. The van der Waals surface area contributed by atoms with Gasteiger partial charge in [-0.15, -0.1) is 0 Å². The van der Waals surface area contributed by atoms with E-state index in [0.29, 0.717) is 11.8 Å². The first-order chi connectivity index (χ1) is 25.3. The van der Waals surface area contributed by atoms with Crippen molar-refractivity contribution in [3.05, 3.63) is 70.8 Å². The zero-order valence-electron chi connectivity index (χ0n) is 31.4. The van der Waals surface area contributed by atoms with E-state index in [0.717, 1.165) is 87.7 Å². The predicted molar refractivity (Wildman–Crippen MR) is 200 cm³/mol. The number of carbonyl (C=O) groups is 4. The molecule has 8 rings (SSSR count). The van der Waals surface area contributed by atoms with Crippen LogP contribution in [0.25, 0.3) is 0 Å². The number of hydrogen-bond donors (Lipinski definition) is 0. The molecule has 6 aliphatic rings. The van der Waals surface area contributed by atoms with Crippen molar-refractivity contribution in [2.24, 2.45) is 35.5 Å². The first-order valence-corrected chi connectivity index (χ1v) is 20.4. The molecule has 0 aromatic heterocycles. The summed E-state index contributed by atoms with van der Waals surface area (Å²) in [5, 5.41) is 23.7. The monoisotopic (exact) mass is 748 g/mol. The molecule has 0 radical (unpaired) electrons. The van der Waals surface area contributed by atoms with Crippen LogP contribution in [0, 0.1) is 35.5 Å². The second kappa shape index (κ2) is 18.5. The number of carboxylic acid groups (broad SMARTS) is 2. The standard InChI is InChI=1S/2C22H29NO3.Ca/c2*24-21(23-12-11-15-5-1-2-7-17(15)14-23)13-20(22(25)26)19-10-9-16-6-3-4-8-18(16)19;/h2*3-4,6,8,15,17,19-20H,1-2,5,7,9-14H2,(H,25,26);/q;;+2/p-2/t2*15-,17+,19-,20?;/m11./s1.